The lowest BCUT2D eigenvalue weighted by Gasteiger charge is -2.36. The zero-order valence-corrected chi connectivity index (χ0v) is 11.0. The fourth-order valence-electron chi connectivity index (χ4n) is 3.25. The summed E-state index contributed by atoms with van der Waals surface area (Å²) in [7, 11) is 0. The molecule has 2 rings (SSSR count). The van der Waals surface area contributed by atoms with E-state index in [4.69, 9.17) is 0 Å². The van der Waals surface area contributed by atoms with Crippen molar-refractivity contribution >= 4 is 5.97 Å². The number of carboxylic acids is 1. The molecular weight excluding hydrogens is 212 g/mol. The highest BCUT2D eigenvalue weighted by atomic mass is 16.4. The third kappa shape index (κ3) is 2.31. The molecule has 2 heteroatoms. The molecule has 0 unspecified atom stereocenters. The summed E-state index contributed by atoms with van der Waals surface area (Å²) in [4.78, 5) is 11.2. The molecule has 2 nitrogen and oxygen atoms in total. The SMILES string of the molecule is CC1=CC2=C([C@@H](C)C(=O)O)CC[C@@H](C)[C@@H]2CC1. The number of carbonyl (C=O) groups is 1. The van der Waals surface area contributed by atoms with Crippen LogP contribution in [0.3, 0.4) is 0 Å². The molecule has 0 bridgehead atoms. The van der Waals surface area contributed by atoms with Crippen molar-refractivity contribution < 1.29 is 9.90 Å². The summed E-state index contributed by atoms with van der Waals surface area (Å²) in [6, 6.07) is 0. The van der Waals surface area contributed by atoms with Gasteiger partial charge in [0, 0.05) is 0 Å². The van der Waals surface area contributed by atoms with Gasteiger partial charge in [0.15, 0.2) is 0 Å². The van der Waals surface area contributed by atoms with Gasteiger partial charge in [-0.15, -0.1) is 0 Å². The first-order valence-electron chi connectivity index (χ1n) is 6.63. The Kier molecular flexibility index (Phi) is 3.41. The van der Waals surface area contributed by atoms with E-state index in [9.17, 15) is 9.90 Å². The van der Waals surface area contributed by atoms with Gasteiger partial charge in [0.05, 0.1) is 5.92 Å². The van der Waals surface area contributed by atoms with Crippen LogP contribution in [0.2, 0.25) is 0 Å². The van der Waals surface area contributed by atoms with Crippen LogP contribution in [-0.4, -0.2) is 11.1 Å². The van der Waals surface area contributed by atoms with Crippen LogP contribution >= 0.6 is 0 Å². The van der Waals surface area contributed by atoms with Gasteiger partial charge < -0.3 is 5.11 Å². The van der Waals surface area contributed by atoms with Crippen LogP contribution in [-0.2, 0) is 4.79 Å². The van der Waals surface area contributed by atoms with Crippen LogP contribution in [0.15, 0.2) is 22.8 Å². The Bertz CT molecular complexity index is 390. The normalized spacial score (nSPS) is 30.6. The van der Waals surface area contributed by atoms with Gasteiger partial charge in [-0.3, -0.25) is 4.79 Å². The molecule has 0 spiro atoms. The molecule has 0 heterocycles. The minimum atomic E-state index is -0.683. The Morgan fingerprint density at radius 1 is 1.41 bits per heavy atom. The van der Waals surface area contributed by atoms with Crippen LogP contribution in [0.5, 0.6) is 0 Å². The Balaban J connectivity index is 2.42. The summed E-state index contributed by atoms with van der Waals surface area (Å²) >= 11 is 0. The molecule has 2 aliphatic rings. The van der Waals surface area contributed by atoms with Crippen LogP contribution in [0.4, 0.5) is 0 Å². The first-order chi connectivity index (χ1) is 8.00. The fourth-order valence-corrected chi connectivity index (χ4v) is 3.25. The van der Waals surface area contributed by atoms with Crippen molar-refractivity contribution in [3.05, 3.63) is 22.8 Å². The van der Waals surface area contributed by atoms with Gasteiger partial charge in [-0.25, -0.2) is 0 Å². The maximum absolute atomic E-state index is 11.2. The molecule has 1 N–H and O–H groups in total. The molecule has 2 aliphatic carbocycles. The molecule has 3 atom stereocenters. The second-order valence-corrected chi connectivity index (χ2v) is 5.69. The van der Waals surface area contributed by atoms with Gasteiger partial charge in [0.25, 0.3) is 0 Å². The van der Waals surface area contributed by atoms with Gasteiger partial charge >= 0.3 is 5.97 Å². The predicted octanol–water partition coefficient (Wildman–Crippen LogP) is 3.79. The quantitative estimate of drug-likeness (QED) is 0.789. The lowest BCUT2D eigenvalue weighted by Crippen LogP contribution is -2.26. The van der Waals surface area contributed by atoms with Crippen molar-refractivity contribution in [2.75, 3.05) is 0 Å². The summed E-state index contributed by atoms with van der Waals surface area (Å²) < 4.78 is 0. The summed E-state index contributed by atoms with van der Waals surface area (Å²) in [5.41, 5.74) is 3.93. The molecule has 0 aromatic carbocycles. The molecule has 0 aliphatic heterocycles. The van der Waals surface area contributed by atoms with E-state index in [-0.39, 0.29) is 5.92 Å². The highest BCUT2D eigenvalue weighted by molar-refractivity contribution is 5.73. The van der Waals surface area contributed by atoms with Crippen LogP contribution in [0, 0.1) is 17.8 Å². The van der Waals surface area contributed by atoms with Crippen molar-refractivity contribution in [3.8, 4) is 0 Å². The van der Waals surface area contributed by atoms with Gasteiger partial charge in [0.2, 0.25) is 0 Å². The second kappa shape index (κ2) is 4.67. The monoisotopic (exact) mass is 234 g/mol. The standard InChI is InChI=1S/C15H22O2/c1-9-4-6-12-10(2)5-7-13(14(12)8-9)11(3)15(16)17/h8,10-12H,4-7H2,1-3H3,(H,16,17)/t10-,11-,12+/m1/s1. The summed E-state index contributed by atoms with van der Waals surface area (Å²) in [5.74, 6) is 0.308. The second-order valence-electron chi connectivity index (χ2n) is 5.69. The summed E-state index contributed by atoms with van der Waals surface area (Å²) in [6.45, 7) is 6.29. The number of aliphatic carboxylic acids is 1. The third-order valence-electron chi connectivity index (χ3n) is 4.47. The van der Waals surface area contributed by atoms with E-state index in [1.807, 2.05) is 6.92 Å². The zero-order chi connectivity index (χ0) is 12.6. The Morgan fingerprint density at radius 3 is 2.76 bits per heavy atom. The predicted molar refractivity (Wildman–Crippen MR) is 68.7 cm³/mol. The van der Waals surface area contributed by atoms with Crippen LogP contribution < -0.4 is 0 Å². The Hall–Kier alpha value is -1.05. The Labute approximate surface area is 103 Å². The molecule has 0 saturated heterocycles. The number of hydrogen-bond acceptors (Lipinski definition) is 1. The van der Waals surface area contributed by atoms with E-state index in [1.54, 1.807) is 0 Å². The molecular formula is C15H22O2. The Morgan fingerprint density at radius 2 is 2.12 bits per heavy atom. The lowest BCUT2D eigenvalue weighted by atomic mass is 9.68. The molecule has 17 heavy (non-hydrogen) atoms. The number of fused-ring (bicyclic) bond motifs is 1. The van der Waals surface area contributed by atoms with Gasteiger partial charge in [-0.2, -0.15) is 0 Å². The highest BCUT2D eigenvalue weighted by Crippen LogP contribution is 2.44. The fraction of sp³-hybridized carbons (Fsp3) is 0.667. The summed E-state index contributed by atoms with van der Waals surface area (Å²) in [5, 5.41) is 9.20. The molecule has 0 saturated carbocycles. The van der Waals surface area contributed by atoms with E-state index in [0.717, 1.165) is 12.8 Å². The largest absolute Gasteiger partial charge is 0.481 e. The maximum Gasteiger partial charge on any atom is 0.310 e. The van der Waals surface area contributed by atoms with Crippen molar-refractivity contribution in [3.63, 3.8) is 0 Å². The minimum absolute atomic E-state index is 0.317. The van der Waals surface area contributed by atoms with Gasteiger partial charge in [-0.05, 0) is 56.9 Å². The van der Waals surface area contributed by atoms with Gasteiger partial charge in [-0.1, -0.05) is 24.1 Å². The number of allylic oxidation sites excluding steroid dienone is 3. The molecule has 0 aromatic rings. The number of rotatable bonds is 2. The van der Waals surface area contributed by atoms with E-state index < -0.39 is 5.97 Å². The lowest BCUT2D eigenvalue weighted by molar-refractivity contribution is -0.140. The van der Waals surface area contributed by atoms with Crippen molar-refractivity contribution in [1.82, 2.24) is 0 Å². The van der Waals surface area contributed by atoms with E-state index in [2.05, 4.69) is 19.9 Å². The molecule has 0 fully saturated rings. The number of carboxylic acid groups (broad SMARTS) is 1. The topological polar surface area (TPSA) is 37.3 Å². The minimum Gasteiger partial charge on any atom is -0.481 e. The molecule has 0 radical (unpaired) electrons. The molecule has 94 valence electrons. The smallest absolute Gasteiger partial charge is 0.310 e. The maximum atomic E-state index is 11.2. The third-order valence-corrected chi connectivity index (χ3v) is 4.47. The van der Waals surface area contributed by atoms with Crippen molar-refractivity contribution in [1.29, 1.82) is 0 Å². The van der Waals surface area contributed by atoms with Gasteiger partial charge in [0.1, 0.15) is 0 Å². The summed E-state index contributed by atoms with van der Waals surface area (Å²) in [6.07, 6.45) is 6.75. The van der Waals surface area contributed by atoms with E-state index in [0.29, 0.717) is 11.8 Å². The van der Waals surface area contributed by atoms with Crippen LogP contribution in [0.1, 0.15) is 46.5 Å². The van der Waals surface area contributed by atoms with Crippen molar-refractivity contribution in [2.45, 2.75) is 46.5 Å². The molecule has 0 amide bonds. The van der Waals surface area contributed by atoms with Crippen LogP contribution in [0.25, 0.3) is 0 Å². The van der Waals surface area contributed by atoms with Crippen molar-refractivity contribution in [2.24, 2.45) is 17.8 Å². The first kappa shape index (κ1) is 12.4. The first-order valence-corrected chi connectivity index (χ1v) is 6.63. The highest BCUT2D eigenvalue weighted by Gasteiger charge is 2.33. The molecule has 0 aromatic heterocycles. The average molecular weight is 234 g/mol. The zero-order valence-electron chi connectivity index (χ0n) is 11.0. The number of hydrogen-bond donors (Lipinski definition) is 1. The van der Waals surface area contributed by atoms with E-state index in [1.165, 1.54) is 29.6 Å². The average Bonchev–Trinajstić information content (AvgIpc) is 2.28. The van der Waals surface area contributed by atoms with E-state index >= 15 is 0 Å².